The fourth-order valence-electron chi connectivity index (χ4n) is 2.21. The first-order chi connectivity index (χ1) is 9.95. The topological polar surface area (TPSA) is 61.4 Å². The molecule has 2 unspecified atom stereocenters. The van der Waals surface area contributed by atoms with Crippen LogP contribution in [0.1, 0.15) is 45.2 Å². The molecule has 4 nitrogen and oxygen atoms in total. The van der Waals surface area contributed by atoms with E-state index in [2.05, 4.69) is 10.6 Å². The van der Waals surface area contributed by atoms with E-state index in [0.717, 1.165) is 12.0 Å². The minimum atomic E-state index is -0.209. The molecule has 0 spiro atoms. The van der Waals surface area contributed by atoms with E-state index in [4.69, 9.17) is 16.7 Å². The van der Waals surface area contributed by atoms with Gasteiger partial charge in [0.25, 0.3) is 0 Å². The molecule has 21 heavy (non-hydrogen) atoms. The largest absolute Gasteiger partial charge is 0.396 e. The van der Waals surface area contributed by atoms with Crippen LogP contribution >= 0.6 is 11.6 Å². The van der Waals surface area contributed by atoms with Crippen molar-refractivity contribution >= 4 is 17.6 Å². The lowest BCUT2D eigenvalue weighted by Crippen LogP contribution is -2.43. The van der Waals surface area contributed by atoms with E-state index in [0.29, 0.717) is 11.4 Å². The Hall–Kier alpha value is -1.26. The van der Waals surface area contributed by atoms with E-state index < -0.39 is 0 Å². The lowest BCUT2D eigenvalue weighted by Gasteiger charge is -2.25. The number of aliphatic hydroxyl groups is 1. The summed E-state index contributed by atoms with van der Waals surface area (Å²) < 4.78 is 0. The summed E-state index contributed by atoms with van der Waals surface area (Å²) >= 11 is 6.22. The molecule has 0 saturated heterocycles. The third-order valence-corrected chi connectivity index (χ3v) is 3.71. The fourth-order valence-corrected chi connectivity index (χ4v) is 2.46. The molecule has 0 saturated carbocycles. The Morgan fingerprint density at radius 3 is 2.48 bits per heavy atom. The fraction of sp³-hybridized carbons (Fsp3) is 0.562. The Kier molecular flexibility index (Phi) is 7.54. The zero-order valence-electron chi connectivity index (χ0n) is 12.9. The van der Waals surface area contributed by atoms with Crippen LogP contribution in [0.15, 0.2) is 24.3 Å². The average molecular weight is 313 g/mol. The van der Waals surface area contributed by atoms with Crippen molar-refractivity contribution in [2.45, 2.75) is 45.7 Å². The van der Waals surface area contributed by atoms with Gasteiger partial charge in [0.2, 0.25) is 0 Å². The molecule has 0 bridgehead atoms. The number of carbonyl (C=O) groups is 1. The van der Waals surface area contributed by atoms with Gasteiger partial charge in [-0.25, -0.2) is 4.79 Å². The quantitative estimate of drug-likeness (QED) is 0.721. The van der Waals surface area contributed by atoms with Crippen LogP contribution in [0.2, 0.25) is 5.02 Å². The molecule has 1 rings (SSSR count). The van der Waals surface area contributed by atoms with Crippen molar-refractivity contribution in [2.75, 3.05) is 6.61 Å². The summed E-state index contributed by atoms with van der Waals surface area (Å²) in [7, 11) is 0. The second-order valence-electron chi connectivity index (χ2n) is 5.63. The number of nitrogens with one attached hydrogen (secondary N) is 2. The summed E-state index contributed by atoms with van der Waals surface area (Å²) in [6, 6.07) is 7.23. The Morgan fingerprint density at radius 1 is 1.24 bits per heavy atom. The number of halogens is 1. The zero-order chi connectivity index (χ0) is 15.8. The molecule has 0 aliphatic rings. The van der Waals surface area contributed by atoms with Crippen molar-refractivity contribution in [3.05, 3.63) is 34.9 Å². The highest BCUT2D eigenvalue weighted by Gasteiger charge is 2.21. The summed E-state index contributed by atoms with van der Waals surface area (Å²) in [6.07, 6.45) is 1.43. The van der Waals surface area contributed by atoms with Crippen molar-refractivity contribution in [3.8, 4) is 0 Å². The van der Waals surface area contributed by atoms with Gasteiger partial charge in [-0.15, -0.1) is 0 Å². The number of carbonyl (C=O) groups excluding carboxylic acids is 1. The number of hydrogen-bond acceptors (Lipinski definition) is 2. The third kappa shape index (κ3) is 5.94. The molecular weight excluding hydrogens is 288 g/mol. The molecule has 1 aromatic rings. The molecule has 0 radical (unpaired) electrons. The van der Waals surface area contributed by atoms with Gasteiger partial charge in [-0.2, -0.15) is 0 Å². The van der Waals surface area contributed by atoms with Gasteiger partial charge >= 0.3 is 6.03 Å². The predicted octanol–water partition coefficient (Wildman–Crippen LogP) is 3.50. The number of benzene rings is 1. The highest BCUT2D eigenvalue weighted by atomic mass is 35.5. The standard InChI is InChI=1S/C16H25ClN2O2/c1-11(2)15(13-8-4-5-9-14(13)17)19-16(21)18-12(3)7-6-10-20/h4-5,8-9,11-12,15,20H,6-7,10H2,1-3H3,(H2,18,19,21). The number of amides is 2. The van der Waals surface area contributed by atoms with Gasteiger partial charge < -0.3 is 15.7 Å². The molecule has 0 aromatic heterocycles. The number of aliphatic hydroxyl groups excluding tert-OH is 1. The lowest BCUT2D eigenvalue weighted by molar-refractivity contribution is 0.227. The smallest absolute Gasteiger partial charge is 0.315 e. The number of hydrogen-bond donors (Lipinski definition) is 3. The van der Waals surface area contributed by atoms with Gasteiger partial charge in [0.15, 0.2) is 0 Å². The van der Waals surface area contributed by atoms with E-state index in [1.165, 1.54) is 0 Å². The van der Waals surface area contributed by atoms with Crippen LogP contribution in [-0.2, 0) is 0 Å². The summed E-state index contributed by atoms with van der Waals surface area (Å²) in [5.74, 6) is 0.225. The van der Waals surface area contributed by atoms with Gasteiger partial charge in [-0.05, 0) is 37.3 Å². The van der Waals surface area contributed by atoms with Crippen molar-refractivity contribution in [1.29, 1.82) is 0 Å². The van der Waals surface area contributed by atoms with Crippen LogP contribution < -0.4 is 10.6 Å². The van der Waals surface area contributed by atoms with Crippen molar-refractivity contribution in [1.82, 2.24) is 10.6 Å². The minimum absolute atomic E-state index is 0.0243. The van der Waals surface area contributed by atoms with Crippen molar-refractivity contribution < 1.29 is 9.90 Å². The van der Waals surface area contributed by atoms with Crippen LogP contribution in [0.5, 0.6) is 0 Å². The molecule has 5 heteroatoms. The summed E-state index contributed by atoms with van der Waals surface area (Å²) in [5.41, 5.74) is 0.923. The number of rotatable bonds is 7. The van der Waals surface area contributed by atoms with Gasteiger partial charge in [0.1, 0.15) is 0 Å². The summed E-state index contributed by atoms with van der Waals surface area (Å²) in [6.45, 7) is 6.16. The van der Waals surface area contributed by atoms with Gasteiger partial charge in [0.05, 0.1) is 6.04 Å². The van der Waals surface area contributed by atoms with Gasteiger partial charge in [-0.1, -0.05) is 43.6 Å². The maximum absolute atomic E-state index is 12.1. The first kappa shape index (κ1) is 17.8. The van der Waals surface area contributed by atoms with Crippen molar-refractivity contribution in [3.63, 3.8) is 0 Å². The zero-order valence-corrected chi connectivity index (χ0v) is 13.7. The average Bonchev–Trinajstić information content (AvgIpc) is 2.43. The molecule has 118 valence electrons. The van der Waals surface area contributed by atoms with E-state index >= 15 is 0 Å². The van der Waals surface area contributed by atoms with Crippen LogP contribution in [0.3, 0.4) is 0 Å². The molecule has 0 heterocycles. The van der Waals surface area contributed by atoms with Gasteiger partial charge in [-0.3, -0.25) is 0 Å². The molecule has 0 fully saturated rings. The van der Waals surface area contributed by atoms with Crippen LogP contribution in [-0.4, -0.2) is 23.8 Å². The number of urea groups is 1. The molecular formula is C16H25ClN2O2. The maximum Gasteiger partial charge on any atom is 0.315 e. The summed E-state index contributed by atoms with van der Waals surface area (Å²) in [5, 5.41) is 15.3. The second kappa shape index (κ2) is 8.90. The molecule has 1 aromatic carbocycles. The molecule has 0 aliphatic heterocycles. The Labute approximate surface area is 131 Å². The predicted molar refractivity (Wildman–Crippen MR) is 86.5 cm³/mol. The van der Waals surface area contributed by atoms with E-state index in [1.807, 2.05) is 45.0 Å². The second-order valence-corrected chi connectivity index (χ2v) is 6.04. The Bertz CT molecular complexity index is 452. The van der Waals surface area contributed by atoms with Crippen LogP contribution in [0.4, 0.5) is 4.79 Å². The molecule has 2 amide bonds. The first-order valence-corrected chi connectivity index (χ1v) is 7.75. The minimum Gasteiger partial charge on any atom is -0.396 e. The monoisotopic (exact) mass is 312 g/mol. The van der Waals surface area contributed by atoms with E-state index in [9.17, 15) is 4.79 Å². The summed E-state index contributed by atoms with van der Waals surface area (Å²) in [4.78, 5) is 12.1. The van der Waals surface area contributed by atoms with Crippen LogP contribution in [0.25, 0.3) is 0 Å². The highest BCUT2D eigenvalue weighted by molar-refractivity contribution is 6.31. The molecule has 0 aliphatic carbocycles. The maximum atomic E-state index is 12.1. The first-order valence-electron chi connectivity index (χ1n) is 7.38. The van der Waals surface area contributed by atoms with E-state index in [1.54, 1.807) is 0 Å². The Morgan fingerprint density at radius 2 is 1.90 bits per heavy atom. The van der Waals surface area contributed by atoms with Gasteiger partial charge in [0, 0.05) is 17.7 Å². The molecule has 2 atom stereocenters. The van der Waals surface area contributed by atoms with E-state index in [-0.39, 0.29) is 30.6 Å². The lowest BCUT2D eigenvalue weighted by atomic mass is 9.96. The normalized spacial score (nSPS) is 13.8. The third-order valence-electron chi connectivity index (χ3n) is 3.37. The SMILES string of the molecule is CC(CCCO)NC(=O)NC(c1ccccc1Cl)C(C)C. The Balaban J connectivity index is 2.67. The molecule has 3 N–H and O–H groups in total. The van der Waals surface area contributed by atoms with Crippen LogP contribution in [0, 0.1) is 5.92 Å². The van der Waals surface area contributed by atoms with Crippen molar-refractivity contribution in [2.24, 2.45) is 5.92 Å². The highest BCUT2D eigenvalue weighted by Crippen LogP contribution is 2.27.